The minimum Gasteiger partial charge on any atom is -0.230 e. The standard InChI is InChI=1S/C19H19F2N2/c1-3-22-13-23(4-2)19(15-7-11-17(21)12-8-15)18(22)14-5-9-16(20)10-6-14/h5-13H,3-4H2,1-2H3/q+1. The van der Waals surface area contributed by atoms with Crippen molar-refractivity contribution in [2.75, 3.05) is 0 Å². The van der Waals surface area contributed by atoms with Crippen LogP contribution in [-0.4, -0.2) is 4.57 Å². The molecule has 0 saturated carbocycles. The van der Waals surface area contributed by atoms with Crippen LogP contribution in [0.5, 0.6) is 0 Å². The lowest BCUT2D eigenvalue weighted by Gasteiger charge is -2.05. The summed E-state index contributed by atoms with van der Waals surface area (Å²) in [5.41, 5.74) is 3.92. The van der Waals surface area contributed by atoms with Crippen LogP contribution in [-0.2, 0) is 13.1 Å². The third-order valence-corrected chi connectivity index (χ3v) is 3.99. The fraction of sp³-hybridized carbons (Fsp3) is 0.211. The molecule has 0 fully saturated rings. The Balaban J connectivity index is 2.26. The van der Waals surface area contributed by atoms with Gasteiger partial charge in [-0.1, -0.05) is 0 Å². The molecular weight excluding hydrogens is 294 g/mol. The van der Waals surface area contributed by atoms with Gasteiger partial charge in [-0.3, -0.25) is 0 Å². The Morgan fingerprint density at radius 3 is 1.83 bits per heavy atom. The van der Waals surface area contributed by atoms with Crippen LogP contribution in [0, 0.1) is 11.6 Å². The van der Waals surface area contributed by atoms with E-state index in [9.17, 15) is 8.78 Å². The molecule has 0 amide bonds. The van der Waals surface area contributed by atoms with E-state index in [0.29, 0.717) is 0 Å². The zero-order valence-corrected chi connectivity index (χ0v) is 13.3. The first-order valence-electron chi connectivity index (χ1n) is 7.78. The Hall–Kier alpha value is -2.49. The van der Waals surface area contributed by atoms with Gasteiger partial charge in [0.2, 0.25) is 6.33 Å². The number of rotatable bonds is 4. The van der Waals surface area contributed by atoms with Crippen LogP contribution in [0.4, 0.5) is 8.78 Å². The van der Waals surface area contributed by atoms with Crippen molar-refractivity contribution in [2.45, 2.75) is 26.9 Å². The van der Waals surface area contributed by atoms with Crippen molar-refractivity contribution < 1.29 is 13.3 Å². The predicted molar refractivity (Wildman–Crippen MR) is 86.8 cm³/mol. The number of benzene rings is 2. The number of aryl methyl sites for hydroxylation is 2. The summed E-state index contributed by atoms with van der Waals surface area (Å²) in [6.45, 7) is 5.74. The summed E-state index contributed by atoms with van der Waals surface area (Å²) in [5.74, 6) is -0.509. The zero-order chi connectivity index (χ0) is 16.4. The molecule has 0 atom stereocenters. The monoisotopic (exact) mass is 313 g/mol. The molecule has 1 heterocycles. The SMILES string of the molecule is CCn1c[n+](CC)c(-c2ccc(F)cc2)c1-c1ccc(F)cc1. The second-order valence-corrected chi connectivity index (χ2v) is 5.40. The van der Waals surface area contributed by atoms with Gasteiger partial charge in [-0.2, -0.15) is 0 Å². The van der Waals surface area contributed by atoms with Crippen LogP contribution in [0.25, 0.3) is 22.5 Å². The first kappa shape index (κ1) is 15.4. The largest absolute Gasteiger partial charge is 0.244 e. The average Bonchev–Trinajstić information content (AvgIpc) is 2.95. The molecule has 2 aromatic carbocycles. The Kier molecular flexibility index (Phi) is 4.24. The van der Waals surface area contributed by atoms with E-state index < -0.39 is 0 Å². The van der Waals surface area contributed by atoms with E-state index in [1.165, 1.54) is 24.3 Å². The normalized spacial score (nSPS) is 11.0. The maximum atomic E-state index is 13.3. The van der Waals surface area contributed by atoms with Gasteiger partial charge in [-0.15, -0.1) is 0 Å². The van der Waals surface area contributed by atoms with Gasteiger partial charge in [0, 0.05) is 11.1 Å². The topological polar surface area (TPSA) is 8.81 Å². The minimum atomic E-state index is -0.255. The molecule has 0 N–H and O–H groups in total. The number of aromatic nitrogens is 2. The van der Waals surface area contributed by atoms with Gasteiger partial charge >= 0.3 is 0 Å². The quantitative estimate of drug-likeness (QED) is 0.630. The van der Waals surface area contributed by atoms with Crippen LogP contribution in [0.1, 0.15) is 13.8 Å². The van der Waals surface area contributed by atoms with Gasteiger partial charge in [0.05, 0.1) is 13.1 Å². The van der Waals surface area contributed by atoms with Crippen molar-refractivity contribution in [3.63, 3.8) is 0 Å². The fourth-order valence-corrected chi connectivity index (χ4v) is 2.86. The molecule has 1 aromatic heterocycles. The highest BCUT2D eigenvalue weighted by Gasteiger charge is 2.24. The predicted octanol–water partition coefficient (Wildman–Crippen LogP) is 4.43. The first-order chi connectivity index (χ1) is 11.1. The van der Waals surface area contributed by atoms with Crippen molar-refractivity contribution in [3.05, 3.63) is 66.5 Å². The molecule has 0 aliphatic rings. The second-order valence-electron chi connectivity index (χ2n) is 5.40. The van der Waals surface area contributed by atoms with Crippen LogP contribution < -0.4 is 4.57 Å². The lowest BCUT2D eigenvalue weighted by Crippen LogP contribution is -2.32. The van der Waals surface area contributed by atoms with Crippen molar-refractivity contribution in [1.82, 2.24) is 4.57 Å². The lowest BCUT2D eigenvalue weighted by atomic mass is 10.0. The molecule has 0 spiro atoms. The lowest BCUT2D eigenvalue weighted by molar-refractivity contribution is -0.682. The van der Waals surface area contributed by atoms with E-state index >= 15 is 0 Å². The Bertz CT molecular complexity index is 735. The summed E-state index contributed by atoms with van der Waals surface area (Å²) < 4.78 is 30.8. The van der Waals surface area contributed by atoms with Gasteiger partial charge in [-0.25, -0.2) is 17.9 Å². The summed E-state index contributed by atoms with van der Waals surface area (Å²) in [4.78, 5) is 0. The van der Waals surface area contributed by atoms with E-state index in [2.05, 4.69) is 29.3 Å². The molecule has 23 heavy (non-hydrogen) atoms. The molecule has 0 aliphatic carbocycles. The fourth-order valence-electron chi connectivity index (χ4n) is 2.86. The van der Waals surface area contributed by atoms with Gasteiger partial charge in [0.1, 0.15) is 11.6 Å². The first-order valence-corrected chi connectivity index (χ1v) is 7.78. The zero-order valence-electron chi connectivity index (χ0n) is 13.3. The van der Waals surface area contributed by atoms with E-state index in [1.807, 2.05) is 0 Å². The van der Waals surface area contributed by atoms with Crippen LogP contribution in [0.15, 0.2) is 54.9 Å². The molecule has 0 saturated heterocycles. The highest BCUT2D eigenvalue weighted by molar-refractivity contribution is 5.76. The Morgan fingerprint density at radius 1 is 0.826 bits per heavy atom. The highest BCUT2D eigenvalue weighted by atomic mass is 19.1. The van der Waals surface area contributed by atoms with Crippen molar-refractivity contribution in [1.29, 1.82) is 0 Å². The van der Waals surface area contributed by atoms with Gasteiger partial charge < -0.3 is 0 Å². The Labute approximate surface area is 134 Å². The second kappa shape index (κ2) is 6.32. The minimum absolute atomic E-state index is 0.255. The van der Waals surface area contributed by atoms with Gasteiger partial charge in [-0.05, 0) is 62.4 Å². The summed E-state index contributed by atoms with van der Waals surface area (Å²) in [5, 5.41) is 0. The van der Waals surface area contributed by atoms with Crippen LogP contribution >= 0.6 is 0 Å². The summed E-state index contributed by atoms with van der Waals surface area (Å²) >= 11 is 0. The smallest absolute Gasteiger partial charge is 0.230 e. The maximum Gasteiger partial charge on any atom is 0.244 e. The number of nitrogens with zero attached hydrogens (tertiary/aromatic N) is 2. The summed E-state index contributed by atoms with van der Waals surface area (Å²) in [7, 11) is 0. The Morgan fingerprint density at radius 2 is 1.35 bits per heavy atom. The molecular formula is C19H19F2N2+. The molecule has 0 aliphatic heterocycles. The highest BCUT2D eigenvalue weighted by Crippen LogP contribution is 2.30. The van der Waals surface area contributed by atoms with Crippen LogP contribution in [0.2, 0.25) is 0 Å². The van der Waals surface area contributed by atoms with E-state index in [-0.39, 0.29) is 11.6 Å². The molecule has 0 unspecified atom stereocenters. The van der Waals surface area contributed by atoms with Crippen LogP contribution in [0.3, 0.4) is 0 Å². The summed E-state index contributed by atoms with van der Waals surface area (Å²) in [6, 6.07) is 13.0. The number of imidazole rings is 1. The van der Waals surface area contributed by atoms with Gasteiger partial charge in [0.25, 0.3) is 0 Å². The van der Waals surface area contributed by atoms with E-state index in [0.717, 1.165) is 35.6 Å². The number of hydrogen-bond acceptors (Lipinski definition) is 0. The summed E-state index contributed by atoms with van der Waals surface area (Å²) in [6.07, 6.45) is 2.05. The van der Waals surface area contributed by atoms with Crippen molar-refractivity contribution in [3.8, 4) is 22.5 Å². The molecule has 3 rings (SSSR count). The molecule has 118 valence electrons. The molecule has 2 nitrogen and oxygen atoms in total. The van der Waals surface area contributed by atoms with Crippen molar-refractivity contribution in [2.24, 2.45) is 0 Å². The molecule has 0 bridgehead atoms. The van der Waals surface area contributed by atoms with E-state index in [1.54, 1.807) is 24.3 Å². The van der Waals surface area contributed by atoms with E-state index in [4.69, 9.17) is 0 Å². The molecule has 3 aromatic rings. The average molecular weight is 313 g/mol. The third kappa shape index (κ3) is 2.89. The maximum absolute atomic E-state index is 13.3. The molecule has 4 heteroatoms. The van der Waals surface area contributed by atoms with Crippen molar-refractivity contribution >= 4 is 0 Å². The number of halogens is 2. The third-order valence-electron chi connectivity index (χ3n) is 3.99. The van der Waals surface area contributed by atoms with Gasteiger partial charge in [0.15, 0.2) is 11.4 Å². The number of hydrogen-bond donors (Lipinski definition) is 0. The molecule has 0 radical (unpaired) electrons.